The molecule has 3 aromatic rings. The van der Waals surface area contributed by atoms with Crippen LogP contribution in [0.2, 0.25) is 0 Å². The van der Waals surface area contributed by atoms with E-state index in [1.54, 1.807) is 6.20 Å². The Kier molecular flexibility index (Phi) is 3.53. The van der Waals surface area contributed by atoms with Gasteiger partial charge in [0.25, 0.3) is 0 Å². The number of hydrogen-bond acceptors (Lipinski definition) is 6. The molecule has 0 spiro atoms. The van der Waals surface area contributed by atoms with E-state index in [1.165, 1.54) is 0 Å². The second kappa shape index (κ2) is 5.69. The Morgan fingerprint density at radius 2 is 2.13 bits per heavy atom. The lowest BCUT2D eigenvalue weighted by Gasteiger charge is -2.06. The summed E-state index contributed by atoms with van der Waals surface area (Å²) >= 11 is 3.38. The van der Waals surface area contributed by atoms with Crippen molar-refractivity contribution in [1.29, 1.82) is 0 Å². The molecule has 1 aliphatic rings. The third-order valence-corrected chi connectivity index (χ3v) is 3.95. The van der Waals surface area contributed by atoms with Crippen LogP contribution in [0.5, 0.6) is 11.5 Å². The van der Waals surface area contributed by atoms with Crippen molar-refractivity contribution in [3.63, 3.8) is 0 Å². The van der Waals surface area contributed by atoms with Crippen LogP contribution in [0.1, 0.15) is 18.7 Å². The Morgan fingerprint density at radius 3 is 2.96 bits per heavy atom. The van der Waals surface area contributed by atoms with Gasteiger partial charge in [0, 0.05) is 11.8 Å². The average Bonchev–Trinajstić information content (AvgIpc) is 3.26. The van der Waals surface area contributed by atoms with Gasteiger partial charge in [0.05, 0.1) is 23.1 Å². The molecule has 1 atom stereocenters. The van der Waals surface area contributed by atoms with Crippen molar-refractivity contribution in [2.24, 2.45) is 0 Å². The van der Waals surface area contributed by atoms with Gasteiger partial charge in [0.15, 0.2) is 11.5 Å². The van der Waals surface area contributed by atoms with Gasteiger partial charge >= 0.3 is 0 Å². The summed E-state index contributed by atoms with van der Waals surface area (Å²) in [5, 5.41) is 12.5. The first-order valence-electron chi connectivity index (χ1n) is 7.10. The number of ether oxygens (including phenoxy) is 2. The molecule has 1 unspecified atom stereocenters. The maximum absolute atomic E-state index is 5.80. The maximum atomic E-state index is 5.80. The van der Waals surface area contributed by atoms with Gasteiger partial charge in [0.2, 0.25) is 18.6 Å². The van der Waals surface area contributed by atoms with Gasteiger partial charge in [-0.15, -0.1) is 10.2 Å². The molecule has 7 nitrogen and oxygen atoms in total. The minimum Gasteiger partial charge on any atom is -0.454 e. The van der Waals surface area contributed by atoms with Gasteiger partial charge in [-0.2, -0.15) is 5.10 Å². The molecule has 1 aliphatic heterocycles. The van der Waals surface area contributed by atoms with Gasteiger partial charge < -0.3 is 13.9 Å². The zero-order valence-electron chi connectivity index (χ0n) is 12.3. The van der Waals surface area contributed by atoms with E-state index in [9.17, 15) is 0 Å². The molecule has 0 saturated carbocycles. The summed E-state index contributed by atoms with van der Waals surface area (Å²) in [7, 11) is 0. The van der Waals surface area contributed by atoms with Gasteiger partial charge in [0.1, 0.15) is 0 Å². The first-order valence-corrected chi connectivity index (χ1v) is 7.90. The zero-order valence-corrected chi connectivity index (χ0v) is 13.9. The summed E-state index contributed by atoms with van der Waals surface area (Å²) in [6.07, 6.45) is 3.66. The van der Waals surface area contributed by atoms with Crippen molar-refractivity contribution in [3.05, 3.63) is 41.0 Å². The fourth-order valence-electron chi connectivity index (χ4n) is 2.38. The first kappa shape index (κ1) is 14.3. The van der Waals surface area contributed by atoms with Gasteiger partial charge in [-0.05, 0) is 34.1 Å². The SMILES string of the molecule is CC(Cn1cc(Br)cn1)c1nnc(-c2ccc3c(c2)OCO3)o1. The molecular formula is C15H13BrN4O3. The molecule has 0 fully saturated rings. The van der Waals surface area contributed by atoms with Crippen LogP contribution in [-0.4, -0.2) is 26.8 Å². The van der Waals surface area contributed by atoms with Crippen LogP contribution in [0.15, 0.2) is 39.5 Å². The molecule has 0 N–H and O–H groups in total. The van der Waals surface area contributed by atoms with E-state index >= 15 is 0 Å². The van der Waals surface area contributed by atoms with Crippen LogP contribution in [0.4, 0.5) is 0 Å². The second-order valence-corrected chi connectivity index (χ2v) is 6.21. The Hall–Kier alpha value is -2.35. The molecule has 0 saturated heterocycles. The van der Waals surface area contributed by atoms with Crippen LogP contribution in [0.25, 0.3) is 11.5 Å². The van der Waals surface area contributed by atoms with Gasteiger partial charge in [-0.25, -0.2) is 0 Å². The molecular weight excluding hydrogens is 364 g/mol. The summed E-state index contributed by atoms with van der Waals surface area (Å²) in [5.74, 6) is 2.51. The van der Waals surface area contributed by atoms with E-state index in [1.807, 2.05) is 36.0 Å². The molecule has 4 rings (SSSR count). The molecule has 0 radical (unpaired) electrons. The van der Waals surface area contributed by atoms with E-state index in [0.29, 0.717) is 24.1 Å². The predicted molar refractivity (Wildman–Crippen MR) is 84.2 cm³/mol. The average molecular weight is 377 g/mol. The Labute approximate surface area is 140 Å². The van der Waals surface area contributed by atoms with Crippen molar-refractivity contribution < 1.29 is 13.9 Å². The van der Waals surface area contributed by atoms with E-state index in [0.717, 1.165) is 15.8 Å². The number of aromatic nitrogens is 4. The predicted octanol–water partition coefficient (Wildman–Crippen LogP) is 3.23. The van der Waals surface area contributed by atoms with E-state index < -0.39 is 0 Å². The highest BCUT2D eigenvalue weighted by Crippen LogP contribution is 2.35. The normalized spacial score (nSPS) is 14.2. The fraction of sp³-hybridized carbons (Fsp3) is 0.267. The molecule has 2 aromatic heterocycles. The Balaban J connectivity index is 1.54. The highest BCUT2D eigenvalue weighted by atomic mass is 79.9. The Bertz CT molecular complexity index is 845. The van der Waals surface area contributed by atoms with Gasteiger partial charge in [-0.3, -0.25) is 4.68 Å². The van der Waals surface area contributed by atoms with Crippen molar-refractivity contribution in [1.82, 2.24) is 20.0 Å². The standard InChI is InChI=1S/C15H13BrN4O3/c1-9(6-20-7-11(16)5-17-20)14-18-19-15(23-14)10-2-3-12-13(4-10)22-8-21-12/h2-5,7,9H,6,8H2,1H3. The molecule has 8 heteroatoms. The summed E-state index contributed by atoms with van der Waals surface area (Å²) < 4.78 is 19.2. The Morgan fingerprint density at radius 1 is 1.26 bits per heavy atom. The fourth-order valence-corrected chi connectivity index (χ4v) is 2.70. The lowest BCUT2D eigenvalue weighted by Crippen LogP contribution is -2.06. The number of nitrogens with zero attached hydrogens (tertiary/aromatic N) is 4. The van der Waals surface area contributed by atoms with Crippen molar-refractivity contribution in [3.8, 4) is 23.0 Å². The minimum atomic E-state index is 0.0528. The zero-order chi connectivity index (χ0) is 15.8. The van der Waals surface area contributed by atoms with Crippen LogP contribution < -0.4 is 9.47 Å². The molecule has 0 amide bonds. The lowest BCUT2D eigenvalue weighted by molar-refractivity contribution is 0.174. The second-order valence-electron chi connectivity index (χ2n) is 5.30. The lowest BCUT2D eigenvalue weighted by atomic mass is 10.2. The molecule has 118 valence electrons. The summed E-state index contributed by atoms with van der Waals surface area (Å²) in [6, 6.07) is 5.56. The van der Waals surface area contributed by atoms with Crippen LogP contribution in [-0.2, 0) is 6.54 Å². The van der Waals surface area contributed by atoms with E-state index in [2.05, 4.69) is 31.2 Å². The molecule has 0 bridgehead atoms. The molecule has 0 aliphatic carbocycles. The molecule has 3 heterocycles. The first-order chi connectivity index (χ1) is 11.2. The number of fused-ring (bicyclic) bond motifs is 1. The summed E-state index contributed by atoms with van der Waals surface area (Å²) in [4.78, 5) is 0. The summed E-state index contributed by atoms with van der Waals surface area (Å²) in [5.41, 5.74) is 0.807. The van der Waals surface area contributed by atoms with Crippen molar-refractivity contribution in [2.75, 3.05) is 6.79 Å². The van der Waals surface area contributed by atoms with Crippen molar-refractivity contribution >= 4 is 15.9 Å². The van der Waals surface area contributed by atoms with Crippen LogP contribution in [0.3, 0.4) is 0 Å². The third-order valence-electron chi connectivity index (χ3n) is 3.54. The van der Waals surface area contributed by atoms with Gasteiger partial charge in [-0.1, -0.05) is 6.92 Å². The third kappa shape index (κ3) is 2.81. The quantitative estimate of drug-likeness (QED) is 0.695. The van der Waals surface area contributed by atoms with E-state index in [4.69, 9.17) is 13.9 Å². The monoisotopic (exact) mass is 376 g/mol. The van der Waals surface area contributed by atoms with Crippen molar-refractivity contribution in [2.45, 2.75) is 19.4 Å². The molecule has 23 heavy (non-hydrogen) atoms. The topological polar surface area (TPSA) is 75.2 Å². The number of rotatable bonds is 4. The number of halogens is 1. The minimum absolute atomic E-state index is 0.0528. The van der Waals surface area contributed by atoms with Crippen LogP contribution in [0, 0.1) is 0 Å². The number of hydrogen-bond donors (Lipinski definition) is 0. The smallest absolute Gasteiger partial charge is 0.247 e. The van der Waals surface area contributed by atoms with E-state index in [-0.39, 0.29) is 12.7 Å². The maximum Gasteiger partial charge on any atom is 0.247 e. The highest BCUT2D eigenvalue weighted by molar-refractivity contribution is 9.10. The molecule has 1 aromatic carbocycles. The highest BCUT2D eigenvalue weighted by Gasteiger charge is 2.19. The van der Waals surface area contributed by atoms with Crippen LogP contribution >= 0.6 is 15.9 Å². The summed E-state index contributed by atoms with van der Waals surface area (Å²) in [6.45, 7) is 2.92. The number of benzene rings is 1. The largest absolute Gasteiger partial charge is 0.454 e.